The summed E-state index contributed by atoms with van der Waals surface area (Å²) in [6.07, 6.45) is 1.02. The van der Waals surface area contributed by atoms with Crippen LogP contribution in [-0.2, 0) is 4.79 Å². The number of rotatable bonds is 4. The van der Waals surface area contributed by atoms with Crippen LogP contribution in [-0.4, -0.2) is 5.91 Å². The zero-order valence-corrected chi connectivity index (χ0v) is 15.6. The Balaban J connectivity index is 1.73. The van der Waals surface area contributed by atoms with E-state index in [4.69, 9.17) is 4.74 Å². The second-order valence-corrected chi connectivity index (χ2v) is 7.00. The van der Waals surface area contributed by atoms with E-state index in [0.29, 0.717) is 5.92 Å². The van der Waals surface area contributed by atoms with Crippen molar-refractivity contribution in [1.29, 1.82) is 0 Å². The molecule has 3 aromatic carbocycles. The van der Waals surface area contributed by atoms with Gasteiger partial charge in [0.2, 0.25) is 5.91 Å². The molecule has 136 valence electrons. The number of fused-ring (bicyclic) bond motifs is 2. The minimum absolute atomic E-state index is 0.0334. The lowest BCUT2D eigenvalue weighted by Gasteiger charge is -2.28. The molecule has 0 spiro atoms. The molecule has 0 aromatic heterocycles. The van der Waals surface area contributed by atoms with E-state index in [-0.39, 0.29) is 5.91 Å². The summed E-state index contributed by atoms with van der Waals surface area (Å²) < 4.78 is 6.01. The van der Waals surface area contributed by atoms with Crippen molar-refractivity contribution in [3.8, 4) is 11.5 Å². The van der Waals surface area contributed by atoms with Crippen molar-refractivity contribution >= 4 is 11.6 Å². The van der Waals surface area contributed by atoms with Gasteiger partial charge in [-0.15, -0.1) is 0 Å². The van der Waals surface area contributed by atoms with Crippen molar-refractivity contribution in [3.05, 3.63) is 89.5 Å². The molecule has 0 bridgehead atoms. The molecule has 1 aliphatic rings. The van der Waals surface area contributed by atoms with Crippen LogP contribution < -0.4 is 10.1 Å². The molecule has 0 fully saturated rings. The highest BCUT2D eigenvalue weighted by Crippen LogP contribution is 2.44. The molecule has 1 N–H and O–H groups in total. The molecule has 1 aliphatic heterocycles. The van der Waals surface area contributed by atoms with Gasteiger partial charge in [0.15, 0.2) is 0 Å². The van der Waals surface area contributed by atoms with E-state index in [9.17, 15) is 4.79 Å². The average molecular weight is 357 g/mol. The Morgan fingerprint density at radius 1 is 0.926 bits per heavy atom. The Bertz CT molecular complexity index is 934. The predicted molar refractivity (Wildman–Crippen MR) is 109 cm³/mol. The first kappa shape index (κ1) is 17.3. The summed E-state index contributed by atoms with van der Waals surface area (Å²) in [5, 5.41) is 3.18. The molecule has 0 aliphatic carbocycles. The van der Waals surface area contributed by atoms with Crippen LogP contribution in [0.3, 0.4) is 0 Å². The van der Waals surface area contributed by atoms with Crippen LogP contribution >= 0.6 is 0 Å². The van der Waals surface area contributed by atoms with Crippen LogP contribution in [0.15, 0.2) is 72.8 Å². The third kappa shape index (κ3) is 3.21. The molecule has 1 heterocycles. The maximum Gasteiger partial charge on any atom is 0.236 e. The lowest BCUT2D eigenvalue weighted by molar-refractivity contribution is -0.116. The number of carbonyl (C=O) groups is 1. The van der Waals surface area contributed by atoms with Crippen LogP contribution in [0.2, 0.25) is 0 Å². The minimum atomic E-state index is -0.392. The van der Waals surface area contributed by atoms with Crippen molar-refractivity contribution < 1.29 is 9.53 Å². The third-order valence-electron chi connectivity index (χ3n) is 5.30. The molecule has 4 rings (SSSR count). The van der Waals surface area contributed by atoms with Gasteiger partial charge in [0.05, 0.1) is 5.92 Å². The third-order valence-corrected chi connectivity index (χ3v) is 5.30. The van der Waals surface area contributed by atoms with E-state index in [1.54, 1.807) is 0 Å². The summed E-state index contributed by atoms with van der Waals surface area (Å²) in [6.45, 7) is 4.35. The topological polar surface area (TPSA) is 38.3 Å². The lowest BCUT2D eigenvalue weighted by atomic mass is 9.87. The van der Waals surface area contributed by atoms with Crippen molar-refractivity contribution in [1.82, 2.24) is 0 Å². The highest BCUT2D eigenvalue weighted by atomic mass is 16.5. The van der Waals surface area contributed by atoms with Gasteiger partial charge < -0.3 is 10.1 Å². The summed E-state index contributed by atoms with van der Waals surface area (Å²) in [5.41, 5.74) is 3.85. The molecular formula is C24H23NO2. The number of hydrogen-bond donors (Lipinski definition) is 1. The number of amides is 1. The summed E-state index contributed by atoms with van der Waals surface area (Å²) in [5.74, 6) is 1.44. The standard InChI is InChI=1S/C24H23NO2/c1-3-16(2)17-10-4-7-13-20(17)25-24(26)23-18-11-5-8-14-21(18)27-22-15-9-6-12-19(22)23/h4-16,23H,3H2,1-2H3,(H,25,26)/t16-/m0/s1. The second kappa shape index (κ2) is 7.28. The van der Waals surface area contributed by atoms with Crippen LogP contribution in [0.25, 0.3) is 0 Å². The molecule has 0 saturated heterocycles. The van der Waals surface area contributed by atoms with Gasteiger partial charge in [0.25, 0.3) is 0 Å². The predicted octanol–water partition coefficient (Wildman–Crippen LogP) is 6.08. The van der Waals surface area contributed by atoms with Crippen molar-refractivity contribution in [2.24, 2.45) is 0 Å². The number of anilines is 1. The zero-order valence-electron chi connectivity index (χ0n) is 15.6. The number of nitrogens with one attached hydrogen (secondary N) is 1. The van der Waals surface area contributed by atoms with Gasteiger partial charge in [-0.25, -0.2) is 0 Å². The molecular weight excluding hydrogens is 334 g/mol. The largest absolute Gasteiger partial charge is 0.457 e. The molecule has 1 amide bonds. The van der Waals surface area contributed by atoms with Crippen molar-refractivity contribution in [2.75, 3.05) is 5.32 Å². The van der Waals surface area contributed by atoms with Gasteiger partial charge in [0.1, 0.15) is 11.5 Å². The Kier molecular flexibility index (Phi) is 4.68. The molecule has 0 saturated carbocycles. The maximum absolute atomic E-state index is 13.4. The van der Waals surface area contributed by atoms with E-state index < -0.39 is 5.92 Å². The van der Waals surface area contributed by atoms with Gasteiger partial charge >= 0.3 is 0 Å². The SMILES string of the molecule is CC[C@H](C)c1ccccc1NC(=O)C1c2ccccc2Oc2ccccc21. The highest BCUT2D eigenvalue weighted by molar-refractivity contribution is 6.00. The monoisotopic (exact) mass is 357 g/mol. The number of hydrogen-bond acceptors (Lipinski definition) is 2. The molecule has 0 radical (unpaired) electrons. The Morgan fingerprint density at radius 3 is 2.11 bits per heavy atom. The zero-order chi connectivity index (χ0) is 18.8. The molecule has 3 heteroatoms. The first-order valence-electron chi connectivity index (χ1n) is 9.44. The summed E-state index contributed by atoms with van der Waals surface area (Å²) >= 11 is 0. The van der Waals surface area contributed by atoms with E-state index in [0.717, 1.165) is 34.7 Å². The van der Waals surface area contributed by atoms with Crippen LogP contribution in [0.5, 0.6) is 11.5 Å². The molecule has 0 unspecified atom stereocenters. The molecule has 27 heavy (non-hydrogen) atoms. The van der Waals surface area contributed by atoms with Gasteiger partial charge in [-0.05, 0) is 36.1 Å². The fourth-order valence-electron chi connectivity index (χ4n) is 3.66. The van der Waals surface area contributed by atoms with E-state index in [2.05, 4.69) is 25.2 Å². The van der Waals surface area contributed by atoms with Gasteiger partial charge in [-0.1, -0.05) is 68.4 Å². The van der Waals surface area contributed by atoms with Crippen LogP contribution in [0, 0.1) is 0 Å². The number of benzene rings is 3. The summed E-state index contributed by atoms with van der Waals surface area (Å²) in [4.78, 5) is 13.4. The normalized spacial score (nSPS) is 13.9. The fraction of sp³-hybridized carbons (Fsp3) is 0.208. The van der Waals surface area contributed by atoms with Crippen molar-refractivity contribution in [2.45, 2.75) is 32.1 Å². The maximum atomic E-state index is 13.4. The minimum Gasteiger partial charge on any atom is -0.457 e. The van der Waals surface area contributed by atoms with Crippen molar-refractivity contribution in [3.63, 3.8) is 0 Å². The van der Waals surface area contributed by atoms with Crippen LogP contribution in [0.4, 0.5) is 5.69 Å². The Hall–Kier alpha value is -3.07. The molecule has 1 atom stereocenters. The number of para-hydroxylation sites is 3. The second-order valence-electron chi connectivity index (χ2n) is 7.00. The van der Waals surface area contributed by atoms with Crippen LogP contribution in [0.1, 0.15) is 48.8 Å². The number of carbonyl (C=O) groups excluding carboxylic acids is 1. The first-order chi connectivity index (χ1) is 13.2. The van der Waals surface area contributed by atoms with Gasteiger partial charge in [0, 0.05) is 16.8 Å². The van der Waals surface area contributed by atoms with Gasteiger partial charge in [-0.3, -0.25) is 4.79 Å². The van der Waals surface area contributed by atoms with E-state index in [1.807, 2.05) is 66.7 Å². The quantitative estimate of drug-likeness (QED) is 0.615. The Morgan fingerprint density at radius 2 is 1.48 bits per heavy atom. The highest BCUT2D eigenvalue weighted by Gasteiger charge is 2.32. The van der Waals surface area contributed by atoms with Gasteiger partial charge in [-0.2, -0.15) is 0 Å². The van der Waals surface area contributed by atoms with E-state index >= 15 is 0 Å². The smallest absolute Gasteiger partial charge is 0.236 e. The summed E-state index contributed by atoms with van der Waals surface area (Å²) in [7, 11) is 0. The number of ether oxygens (including phenoxy) is 1. The molecule has 3 aromatic rings. The molecule has 3 nitrogen and oxygen atoms in total. The first-order valence-corrected chi connectivity index (χ1v) is 9.44. The fourth-order valence-corrected chi connectivity index (χ4v) is 3.66. The Labute approximate surface area is 160 Å². The summed E-state index contributed by atoms with van der Waals surface area (Å²) in [6, 6.07) is 23.6. The lowest BCUT2D eigenvalue weighted by Crippen LogP contribution is -2.25. The van der Waals surface area contributed by atoms with E-state index in [1.165, 1.54) is 5.56 Å². The average Bonchev–Trinajstić information content (AvgIpc) is 2.71.